The fraction of sp³-hybridized carbons (Fsp3) is 1.00. The van der Waals surface area contributed by atoms with Crippen LogP contribution in [0.4, 0.5) is 0 Å². The molecule has 4 aliphatic carbocycles. The van der Waals surface area contributed by atoms with Gasteiger partial charge >= 0.3 is 0 Å². The Kier molecular flexibility index (Phi) is 3.92. The minimum absolute atomic E-state index is 0.679. The molecule has 2 heteroatoms. The largest absolute Gasteiger partial charge is 0.316 e. The number of hydrogen-bond donors (Lipinski definition) is 2. The molecule has 20 heavy (non-hydrogen) atoms. The molecule has 4 bridgehead atoms. The van der Waals surface area contributed by atoms with Crippen LogP contribution in [0.1, 0.15) is 65.7 Å². The van der Waals surface area contributed by atoms with Gasteiger partial charge < -0.3 is 10.6 Å². The van der Waals surface area contributed by atoms with Gasteiger partial charge in [0.2, 0.25) is 0 Å². The second-order valence-electron chi connectivity index (χ2n) is 8.98. The molecule has 0 saturated heterocycles. The van der Waals surface area contributed by atoms with E-state index >= 15 is 0 Å². The Morgan fingerprint density at radius 3 is 2.10 bits per heavy atom. The van der Waals surface area contributed by atoms with Crippen LogP contribution >= 0.6 is 0 Å². The maximum absolute atomic E-state index is 3.66. The molecule has 0 aromatic rings. The first-order valence-electron chi connectivity index (χ1n) is 8.88. The molecule has 2 atom stereocenters. The van der Waals surface area contributed by atoms with E-state index in [0.717, 1.165) is 25.6 Å². The zero-order valence-electron chi connectivity index (χ0n) is 13.9. The van der Waals surface area contributed by atoms with Crippen LogP contribution in [0.25, 0.3) is 0 Å². The second kappa shape index (κ2) is 5.28. The van der Waals surface area contributed by atoms with Gasteiger partial charge in [0.25, 0.3) is 0 Å². The highest BCUT2D eigenvalue weighted by Gasteiger charge is 2.59. The molecular formula is C18H34N2. The van der Waals surface area contributed by atoms with Crippen molar-refractivity contribution in [3.63, 3.8) is 0 Å². The smallest absolute Gasteiger partial charge is 0.00767 e. The van der Waals surface area contributed by atoms with E-state index in [0.29, 0.717) is 16.2 Å². The lowest BCUT2D eigenvalue weighted by Crippen LogP contribution is -2.55. The van der Waals surface area contributed by atoms with Crippen LogP contribution in [0.3, 0.4) is 0 Å². The molecule has 4 saturated carbocycles. The van der Waals surface area contributed by atoms with E-state index in [4.69, 9.17) is 0 Å². The summed E-state index contributed by atoms with van der Waals surface area (Å²) in [6.45, 7) is 11.9. The summed E-state index contributed by atoms with van der Waals surface area (Å²) in [6.07, 6.45) is 10.5. The predicted molar refractivity (Wildman–Crippen MR) is 85.9 cm³/mol. The summed E-state index contributed by atoms with van der Waals surface area (Å²) in [6, 6.07) is 0. The third kappa shape index (κ3) is 2.92. The number of rotatable bonds is 7. The molecule has 4 aliphatic rings. The summed E-state index contributed by atoms with van der Waals surface area (Å²) in [5, 5.41) is 7.05. The Morgan fingerprint density at radius 2 is 1.50 bits per heavy atom. The van der Waals surface area contributed by atoms with Gasteiger partial charge in [0.15, 0.2) is 0 Å². The molecule has 0 amide bonds. The Hall–Kier alpha value is -0.0800. The van der Waals surface area contributed by atoms with Crippen LogP contribution < -0.4 is 10.6 Å². The van der Waals surface area contributed by atoms with Crippen molar-refractivity contribution in [2.45, 2.75) is 65.7 Å². The maximum Gasteiger partial charge on any atom is 0.00767 e. The third-order valence-electron chi connectivity index (χ3n) is 6.30. The van der Waals surface area contributed by atoms with Crippen molar-refractivity contribution < 1.29 is 0 Å². The average Bonchev–Trinajstić information content (AvgIpc) is 2.29. The van der Waals surface area contributed by atoms with Crippen LogP contribution in [0, 0.1) is 22.2 Å². The molecule has 0 aromatic heterocycles. The van der Waals surface area contributed by atoms with E-state index < -0.39 is 0 Å². The lowest BCUT2D eigenvalue weighted by atomic mass is 9.40. The predicted octanol–water partition coefficient (Wildman–Crippen LogP) is 3.57. The summed E-state index contributed by atoms with van der Waals surface area (Å²) in [4.78, 5) is 0. The van der Waals surface area contributed by atoms with Crippen LogP contribution in [0.2, 0.25) is 0 Å². The van der Waals surface area contributed by atoms with Gasteiger partial charge in [-0.25, -0.2) is 0 Å². The van der Waals surface area contributed by atoms with E-state index in [2.05, 4.69) is 31.4 Å². The first-order valence-corrected chi connectivity index (χ1v) is 8.88. The minimum atomic E-state index is 0.679. The second-order valence-corrected chi connectivity index (χ2v) is 8.98. The van der Waals surface area contributed by atoms with Crippen molar-refractivity contribution in [3.05, 3.63) is 0 Å². The summed E-state index contributed by atoms with van der Waals surface area (Å²) >= 11 is 0. The Balaban J connectivity index is 1.53. The normalized spacial score (nSPS) is 46.0. The zero-order chi connectivity index (χ0) is 14.3. The topological polar surface area (TPSA) is 24.1 Å². The zero-order valence-corrected chi connectivity index (χ0v) is 13.9. The Labute approximate surface area is 125 Å². The summed E-state index contributed by atoms with van der Waals surface area (Å²) < 4.78 is 0. The Bertz CT molecular complexity index is 333. The monoisotopic (exact) mass is 278 g/mol. The van der Waals surface area contributed by atoms with E-state index in [1.807, 2.05) is 0 Å². The Morgan fingerprint density at radius 1 is 0.850 bits per heavy atom. The highest BCUT2D eigenvalue weighted by molar-refractivity contribution is 5.10. The maximum atomic E-state index is 3.66. The van der Waals surface area contributed by atoms with E-state index in [9.17, 15) is 0 Å². The lowest BCUT2D eigenvalue weighted by molar-refractivity contribution is -0.147. The van der Waals surface area contributed by atoms with Crippen LogP contribution in [0.15, 0.2) is 0 Å². The SMILES string of the molecule is CCNCCNCCC12CC3CC(C)(CC(C)(C3)C1)C2. The fourth-order valence-electron chi connectivity index (χ4n) is 6.80. The number of nitrogens with one attached hydrogen (secondary N) is 2. The molecule has 0 aromatic carbocycles. The van der Waals surface area contributed by atoms with Crippen LogP contribution in [0.5, 0.6) is 0 Å². The molecule has 2 N–H and O–H groups in total. The molecule has 0 radical (unpaired) electrons. The van der Waals surface area contributed by atoms with Gasteiger partial charge in [0, 0.05) is 13.1 Å². The van der Waals surface area contributed by atoms with Crippen molar-refractivity contribution in [2.24, 2.45) is 22.2 Å². The minimum Gasteiger partial charge on any atom is -0.316 e. The number of likely N-dealkylation sites (N-methyl/N-ethyl adjacent to an activating group) is 1. The van der Waals surface area contributed by atoms with Gasteiger partial charge in [0.1, 0.15) is 0 Å². The van der Waals surface area contributed by atoms with Gasteiger partial charge in [0.05, 0.1) is 0 Å². The molecule has 4 fully saturated rings. The fourth-order valence-corrected chi connectivity index (χ4v) is 6.80. The van der Waals surface area contributed by atoms with Gasteiger partial charge in [-0.15, -0.1) is 0 Å². The molecule has 0 heterocycles. The number of hydrogen-bond acceptors (Lipinski definition) is 2. The highest BCUT2D eigenvalue weighted by Crippen LogP contribution is 2.70. The van der Waals surface area contributed by atoms with E-state index in [1.54, 1.807) is 0 Å². The highest BCUT2D eigenvalue weighted by atomic mass is 14.9. The molecular weight excluding hydrogens is 244 g/mol. The van der Waals surface area contributed by atoms with Gasteiger partial charge in [-0.3, -0.25) is 0 Å². The van der Waals surface area contributed by atoms with Crippen molar-refractivity contribution >= 4 is 0 Å². The van der Waals surface area contributed by atoms with Crippen molar-refractivity contribution in [1.29, 1.82) is 0 Å². The van der Waals surface area contributed by atoms with Crippen molar-refractivity contribution in [1.82, 2.24) is 10.6 Å². The summed E-state index contributed by atoms with van der Waals surface area (Å²) in [5.41, 5.74) is 2.05. The van der Waals surface area contributed by atoms with Gasteiger partial charge in [-0.1, -0.05) is 20.8 Å². The molecule has 116 valence electrons. The molecule has 2 nitrogen and oxygen atoms in total. The molecule has 4 rings (SSSR count). The average molecular weight is 278 g/mol. The quantitative estimate of drug-likeness (QED) is 0.696. The van der Waals surface area contributed by atoms with Gasteiger partial charge in [-0.05, 0) is 80.2 Å². The van der Waals surface area contributed by atoms with E-state index in [-0.39, 0.29) is 0 Å². The summed E-state index contributed by atoms with van der Waals surface area (Å²) in [7, 11) is 0. The van der Waals surface area contributed by atoms with Crippen molar-refractivity contribution in [3.8, 4) is 0 Å². The third-order valence-corrected chi connectivity index (χ3v) is 6.30. The van der Waals surface area contributed by atoms with Crippen molar-refractivity contribution in [2.75, 3.05) is 26.2 Å². The first-order chi connectivity index (χ1) is 9.47. The van der Waals surface area contributed by atoms with Crippen LogP contribution in [-0.2, 0) is 0 Å². The standard InChI is InChI=1S/C18H34N2/c1-4-19-7-8-20-6-5-18-11-15-9-16(2,13-18)12-17(3,10-15)14-18/h15,19-20H,4-14H2,1-3H3. The van der Waals surface area contributed by atoms with Crippen LogP contribution in [-0.4, -0.2) is 26.2 Å². The first kappa shape index (κ1) is 14.8. The molecule has 0 spiro atoms. The van der Waals surface area contributed by atoms with Gasteiger partial charge in [-0.2, -0.15) is 0 Å². The van der Waals surface area contributed by atoms with E-state index in [1.165, 1.54) is 51.5 Å². The molecule has 2 unspecified atom stereocenters. The lowest BCUT2D eigenvalue weighted by Gasteiger charge is -2.65. The molecule has 0 aliphatic heterocycles. The summed E-state index contributed by atoms with van der Waals surface area (Å²) in [5.74, 6) is 1.04.